The first-order chi connectivity index (χ1) is 9.94. The third-order valence-corrected chi connectivity index (χ3v) is 4.40. The third kappa shape index (κ3) is 2.68. The number of aryl methyl sites for hydroxylation is 1. The van der Waals surface area contributed by atoms with Crippen LogP contribution in [0.25, 0.3) is 11.1 Å². The second-order valence-corrected chi connectivity index (χ2v) is 6.33. The largest absolute Gasteiger partial charge is 0.417 e. The van der Waals surface area contributed by atoms with Gasteiger partial charge in [-0.25, -0.2) is 13.2 Å². The van der Waals surface area contributed by atoms with Gasteiger partial charge < -0.3 is 4.42 Å². The van der Waals surface area contributed by atoms with Crippen LogP contribution < -0.4 is 10.5 Å². The number of H-pyrrole nitrogens is 1. The summed E-state index contributed by atoms with van der Waals surface area (Å²) in [5.41, 5.74) is 2.11. The van der Waals surface area contributed by atoms with Crippen molar-refractivity contribution in [2.24, 2.45) is 0 Å². The Hall–Kier alpha value is -2.54. The van der Waals surface area contributed by atoms with Crippen LogP contribution in [0.3, 0.4) is 0 Å². The van der Waals surface area contributed by atoms with Gasteiger partial charge in [0.1, 0.15) is 0 Å². The zero-order valence-corrected chi connectivity index (χ0v) is 11.9. The Balaban J connectivity index is 1.96. The van der Waals surface area contributed by atoms with Gasteiger partial charge in [-0.15, -0.1) is 0 Å². The van der Waals surface area contributed by atoms with E-state index in [-0.39, 0.29) is 4.90 Å². The molecule has 3 rings (SSSR count). The molecule has 0 spiro atoms. The number of hydrogen-bond acceptors (Lipinski definition) is 4. The van der Waals surface area contributed by atoms with Gasteiger partial charge in [-0.1, -0.05) is 17.7 Å². The first kappa shape index (κ1) is 13.4. The molecule has 2 N–H and O–H groups in total. The minimum Gasteiger partial charge on any atom is -0.408 e. The molecule has 0 aliphatic heterocycles. The highest BCUT2D eigenvalue weighted by Gasteiger charge is 2.14. The molecule has 0 radical (unpaired) electrons. The van der Waals surface area contributed by atoms with Crippen molar-refractivity contribution in [1.82, 2.24) is 4.98 Å². The van der Waals surface area contributed by atoms with E-state index in [1.54, 1.807) is 24.3 Å². The number of anilines is 1. The Morgan fingerprint density at radius 3 is 2.52 bits per heavy atom. The van der Waals surface area contributed by atoms with Crippen molar-refractivity contribution >= 4 is 26.8 Å². The number of hydrogen-bond donors (Lipinski definition) is 2. The number of oxazole rings is 1. The van der Waals surface area contributed by atoms with Gasteiger partial charge in [0.25, 0.3) is 10.0 Å². The molecule has 2 aromatic carbocycles. The van der Waals surface area contributed by atoms with Crippen molar-refractivity contribution in [2.45, 2.75) is 11.8 Å². The van der Waals surface area contributed by atoms with Crippen molar-refractivity contribution in [2.75, 3.05) is 4.72 Å². The Kier molecular flexibility index (Phi) is 3.06. The highest BCUT2D eigenvalue weighted by atomic mass is 32.2. The summed E-state index contributed by atoms with van der Waals surface area (Å²) < 4.78 is 31.8. The van der Waals surface area contributed by atoms with Gasteiger partial charge in [-0.3, -0.25) is 9.71 Å². The van der Waals surface area contributed by atoms with E-state index in [0.29, 0.717) is 16.8 Å². The van der Waals surface area contributed by atoms with Gasteiger partial charge in [0.15, 0.2) is 5.58 Å². The zero-order valence-electron chi connectivity index (χ0n) is 11.1. The molecule has 3 aromatic rings. The van der Waals surface area contributed by atoms with Crippen molar-refractivity contribution < 1.29 is 12.8 Å². The highest BCUT2D eigenvalue weighted by molar-refractivity contribution is 7.92. The highest BCUT2D eigenvalue weighted by Crippen LogP contribution is 2.20. The van der Waals surface area contributed by atoms with Crippen LogP contribution in [0.1, 0.15) is 5.56 Å². The fourth-order valence-corrected chi connectivity index (χ4v) is 2.99. The molecule has 0 fully saturated rings. The normalized spacial score (nSPS) is 11.7. The van der Waals surface area contributed by atoms with Gasteiger partial charge in [0.05, 0.1) is 16.1 Å². The molecule has 0 unspecified atom stereocenters. The van der Waals surface area contributed by atoms with E-state index in [2.05, 4.69) is 9.71 Å². The van der Waals surface area contributed by atoms with E-state index in [9.17, 15) is 13.2 Å². The lowest BCUT2D eigenvalue weighted by molar-refractivity contribution is 0.555. The first-order valence-electron chi connectivity index (χ1n) is 6.16. The quantitative estimate of drug-likeness (QED) is 0.776. The topological polar surface area (TPSA) is 92.2 Å². The minimum absolute atomic E-state index is 0.170. The summed E-state index contributed by atoms with van der Waals surface area (Å²) in [5.74, 6) is -0.580. The fourth-order valence-electron chi connectivity index (χ4n) is 1.94. The lowest BCUT2D eigenvalue weighted by atomic mass is 10.2. The maximum absolute atomic E-state index is 12.2. The molecule has 0 aliphatic rings. The van der Waals surface area contributed by atoms with E-state index in [0.717, 1.165) is 5.56 Å². The van der Waals surface area contributed by atoms with Crippen LogP contribution in [0.5, 0.6) is 0 Å². The van der Waals surface area contributed by atoms with Crippen molar-refractivity contribution in [3.05, 3.63) is 58.6 Å². The SMILES string of the molecule is Cc1ccc(S(=O)(=O)Nc2ccc3[nH]c(=O)oc3c2)cc1. The average Bonchev–Trinajstić information content (AvgIpc) is 2.78. The number of rotatable bonds is 3. The molecule has 0 saturated heterocycles. The Labute approximate surface area is 120 Å². The summed E-state index contributed by atoms with van der Waals surface area (Å²) in [6.45, 7) is 1.88. The second-order valence-electron chi connectivity index (χ2n) is 4.64. The van der Waals surface area contributed by atoms with Crippen LogP contribution in [0, 0.1) is 6.92 Å². The van der Waals surface area contributed by atoms with Gasteiger partial charge in [0, 0.05) is 6.07 Å². The molecule has 7 heteroatoms. The molecule has 21 heavy (non-hydrogen) atoms. The van der Waals surface area contributed by atoms with Crippen LogP contribution in [0.15, 0.2) is 56.6 Å². The van der Waals surface area contributed by atoms with Crippen molar-refractivity contribution in [3.8, 4) is 0 Å². The van der Waals surface area contributed by atoms with E-state index in [1.807, 2.05) is 6.92 Å². The smallest absolute Gasteiger partial charge is 0.408 e. The number of nitrogens with one attached hydrogen (secondary N) is 2. The lowest BCUT2D eigenvalue weighted by Gasteiger charge is -2.08. The van der Waals surface area contributed by atoms with Crippen LogP contribution in [0.4, 0.5) is 5.69 Å². The Morgan fingerprint density at radius 2 is 1.81 bits per heavy atom. The van der Waals surface area contributed by atoms with Crippen LogP contribution in [-0.4, -0.2) is 13.4 Å². The predicted molar refractivity (Wildman–Crippen MR) is 78.8 cm³/mol. The van der Waals surface area contributed by atoms with Gasteiger partial charge in [0.2, 0.25) is 0 Å². The van der Waals surface area contributed by atoms with Crippen molar-refractivity contribution in [1.29, 1.82) is 0 Å². The summed E-state index contributed by atoms with van der Waals surface area (Å²) in [6, 6.07) is 11.1. The molecule has 0 amide bonds. The van der Waals surface area contributed by atoms with E-state index in [1.165, 1.54) is 18.2 Å². The fraction of sp³-hybridized carbons (Fsp3) is 0.0714. The monoisotopic (exact) mass is 304 g/mol. The molecule has 0 bridgehead atoms. The number of fused-ring (bicyclic) bond motifs is 1. The zero-order chi connectivity index (χ0) is 15.0. The number of aromatic nitrogens is 1. The third-order valence-electron chi connectivity index (χ3n) is 3.00. The number of benzene rings is 2. The van der Waals surface area contributed by atoms with Crippen LogP contribution >= 0.6 is 0 Å². The maximum Gasteiger partial charge on any atom is 0.417 e. The standard InChI is InChI=1S/C14H12N2O4S/c1-9-2-5-11(6-3-9)21(18,19)16-10-4-7-12-13(8-10)20-14(17)15-12/h2-8,16H,1H3,(H,15,17). The molecule has 0 aliphatic carbocycles. The average molecular weight is 304 g/mol. The molecule has 0 saturated carbocycles. The summed E-state index contributed by atoms with van der Waals surface area (Å²) in [5, 5.41) is 0. The van der Waals surface area contributed by atoms with Crippen LogP contribution in [0.2, 0.25) is 0 Å². The molecule has 6 nitrogen and oxygen atoms in total. The second kappa shape index (κ2) is 4.78. The molecule has 0 atom stereocenters. The summed E-state index contributed by atoms with van der Waals surface area (Å²) in [6.07, 6.45) is 0. The molecule has 1 heterocycles. The maximum atomic E-state index is 12.2. The predicted octanol–water partition coefficient (Wildman–Crippen LogP) is 2.23. The number of aromatic amines is 1. The van der Waals surface area contributed by atoms with E-state index < -0.39 is 15.8 Å². The van der Waals surface area contributed by atoms with E-state index >= 15 is 0 Å². The summed E-state index contributed by atoms with van der Waals surface area (Å²) >= 11 is 0. The molecular weight excluding hydrogens is 292 g/mol. The summed E-state index contributed by atoms with van der Waals surface area (Å²) in [7, 11) is -3.67. The lowest BCUT2D eigenvalue weighted by Crippen LogP contribution is -2.12. The van der Waals surface area contributed by atoms with Gasteiger partial charge >= 0.3 is 5.76 Å². The Morgan fingerprint density at radius 1 is 1.10 bits per heavy atom. The van der Waals surface area contributed by atoms with Gasteiger partial charge in [-0.05, 0) is 31.2 Å². The van der Waals surface area contributed by atoms with E-state index in [4.69, 9.17) is 4.42 Å². The Bertz CT molecular complexity index is 953. The van der Waals surface area contributed by atoms with Gasteiger partial charge in [-0.2, -0.15) is 0 Å². The summed E-state index contributed by atoms with van der Waals surface area (Å²) in [4.78, 5) is 13.7. The molecule has 108 valence electrons. The molecular formula is C14H12N2O4S. The molecule has 1 aromatic heterocycles. The van der Waals surface area contributed by atoms with Crippen LogP contribution in [-0.2, 0) is 10.0 Å². The number of sulfonamides is 1. The van der Waals surface area contributed by atoms with Crippen molar-refractivity contribution in [3.63, 3.8) is 0 Å². The first-order valence-corrected chi connectivity index (χ1v) is 7.65. The minimum atomic E-state index is -3.67.